The van der Waals surface area contributed by atoms with Gasteiger partial charge >= 0.3 is 0 Å². The Morgan fingerprint density at radius 2 is 2.00 bits per heavy atom. The fourth-order valence-corrected chi connectivity index (χ4v) is 6.81. The van der Waals surface area contributed by atoms with Crippen LogP contribution < -0.4 is 4.43 Å². The normalized spacial score (nSPS) is 34.8. The largest absolute Gasteiger partial charge is 0.544 e. The molecular weight excluding hydrogens is 338 g/mol. The third-order valence-electron chi connectivity index (χ3n) is 6.92. The summed E-state index contributed by atoms with van der Waals surface area (Å²) in [7, 11) is 0.132. The van der Waals surface area contributed by atoms with E-state index in [0.717, 1.165) is 36.3 Å². The predicted octanol–water partition coefficient (Wildman–Crippen LogP) is 5.76. The number of hydrogen-bond donors (Lipinski definition) is 0. The second kappa shape index (κ2) is 6.40. The molecule has 4 rings (SSSR count). The van der Waals surface area contributed by atoms with E-state index in [-0.39, 0.29) is 0 Å². The summed E-state index contributed by atoms with van der Waals surface area (Å²) in [5.74, 6) is 3.37. The van der Waals surface area contributed by atoms with Crippen LogP contribution in [-0.4, -0.2) is 21.1 Å². The van der Waals surface area contributed by atoms with Crippen LogP contribution in [0.5, 0.6) is 5.75 Å². The number of fused-ring (bicyclic) bond motifs is 5. The van der Waals surface area contributed by atoms with Crippen LogP contribution in [0, 0.1) is 17.3 Å². The molecule has 4 atom stereocenters. The monoisotopic (exact) mass is 371 g/mol. The van der Waals surface area contributed by atoms with Gasteiger partial charge in [0.15, 0.2) is 0 Å². The Morgan fingerprint density at radius 1 is 1.19 bits per heavy atom. The molecular formula is C22H33NO2Si. The summed E-state index contributed by atoms with van der Waals surface area (Å²) in [6.07, 6.45) is 7.41. The van der Waals surface area contributed by atoms with Gasteiger partial charge in [0.05, 0.1) is 5.71 Å². The van der Waals surface area contributed by atoms with Crippen LogP contribution in [0.15, 0.2) is 23.4 Å². The van der Waals surface area contributed by atoms with Crippen LogP contribution in [0.3, 0.4) is 0 Å². The summed E-state index contributed by atoms with van der Waals surface area (Å²) < 4.78 is 6.24. The molecule has 0 saturated heterocycles. The maximum Gasteiger partial charge on any atom is 0.242 e. The minimum Gasteiger partial charge on any atom is -0.544 e. The van der Waals surface area contributed by atoms with Gasteiger partial charge in [-0.1, -0.05) is 18.1 Å². The van der Waals surface area contributed by atoms with Crippen molar-refractivity contribution < 1.29 is 9.26 Å². The van der Waals surface area contributed by atoms with Crippen molar-refractivity contribution in [1.29, 1.82) is 0 Å². The zero-order valence-electron chi connectivity index (χ0n) is 17.0. The topological polar surface area (TPSA) is 30.8 Å². The van der Waals surface area contributed by atoms with Gasteiger partial charge in [0.1, 0.15) is 12.9 Å². The molecule has 2 fully saturated rings. The summed E-state index contributed by atoms with van der Waals surface area (Å²) in [6.45, 7) is 9.25. The molecule has 0 bridgehead atoms. The number of benzene rings is 1. The molecule has 0 aromatic heterocycles. The van der Waals surface area contributed by atoms with E-state index in [2.05, 4.69) is 49.9 Å². The summed E-state index contributed by atoms with van der Waals surface area (Å²) in [5.41, 5.74) is 4.85. The highest BCUT2D eigenvalue weighted by Gasteiger charge is 2.52. The van der Waals surface area contributed by atoms with E-state index in [1.54, 1.807) is 12.7 Å². The number of aryl methyl sites for hydroxylation is 1. The molecule has 3 aliphatic carbocycles. The van der Waals surface area contributed by atoms with E-state index in [1.807, 2.05) is 0 Å². The molecule has 0 radical (unpaired) electrons. The van der Waals surface area contributed by atoms with Crippen molar-refractivity contribution in [1.82, 2.24) is 0 Å². The Balaban J connectivity index is 1.60. The first kappa shape index (κ1) is 18.1. The predicted molar refractivity (Wildman–Crippen MR) is 109 cm³/mol. The number of nitrogens with zero attached hydrogens (tertiary/aromatic N) is 1. The highest BCUT2D eigenvalue weighted by atomic mass is 28.4. The van der Waals surface area contributed by atoms with Gasteiger partial charge in [-0.05, 0) is 105 Å². The van der Waals surface area contributed by atoms with Gasteiger partial charge in [0, 0.05) is 0 Å². The standard InChI is InChI=1S/C22H33NO2Si/c1-22-11-10-19-18-9-7-17(25-26(3,4)5)12-15(18)6-8-20(19)21(22)13-16(14-22)23-24-2/h7,9,12,19-21H,6,8,10-11,13-14H2,1-5H3/b23-16-/t19-,20-,21+,22-/m1/s1. The quantitative estimate of drug-likeness (QED) is 0.499. The fraction of sp³-hybridized carbons (Fsp3) is 0.682. The average molecular weight is 372 g/mol. The maximum absolute atomic E-state index is 6.24. The van der Waals surface area contributed by atoms with Gasteiger partial charge < -0.3 is 9.26 Å². The second-order valence-electron chi connectivity index (χ2n) is 9.90. The molecule has 1 aromatic rings. The SMILES string of the molecule is CO/N=C1/C[C@H]2[C@@H]3CCc4cc(O[Si](C)(C)C)ccc4[C@H]3CC[C@]2(C)C1. The third kappa shape index (κ3) is 3.21. The van der Waals surface area contributed by atoms with Crippen molar-refractivity contribution in [2.24, 2.45) is 22.4 Å². The molecule has 26 heavy (non-hydrogen) atoms. The third-order valence-corrected chi connectivity index (χ3v) is 7.77. The smallest absolute Gasteiger partial charge is 0.242 e. The Labute approximate surface area is 159 Å². The maximum atomic E-state index is 6.24. The Kier molecular flexibility index (Phi) is 4.45. The molecule has 0 aliphatic heterocycles. The lowest BCUT2D eigenvalue weighted by Gasteiger charge is -2.49. The van der Waals surface area contributed by atoms with Gasteiger partial charge in [0.25, 0.3) is 0 Å². The first-order valence-electron chi connectivity index (χ1n) is 10.2. The van der Waals surface area contributed by atoms with Crippen molar-refractivity contribution in [3.8, 4) is 5.75 Å². The van der Waals surface area contributed by atoms with Crippen LogP contribution in [-0.2, 0) is 11.3 Å². The fourth-order valence-electron chi connectivity index (χ4n) is 5.98. The molecule has 0 N–H and O–H groups in total. The Hall–Kier alpha value is -1.29. The summed E-state index contributed by atoms with van der Waals surface area (Å²) >= 11 is 0. The highest BCUT2D eigenvalue weighted by Crippen LogP contribution is 2.60. The molecule has 0 spiro atoms. The molecule has 0 heterocycles. The molecule has 3 aliphatic rings. The Morgan fingerprint density at radius 3 is 2.73 bits per heavy atom. The van der Waals surface area contributed by atoms with Gasteiger partial charge in [-0.15, -0.1) is 0 Å². The van der Waals surface area contributed by atoms with Gasteiger partial charge in [-0.3, -0.25) is 0 Å². The minimum absolute atomic E-state index is 0.427. The number of oxime groups is 1. The lowest BCUT2D eigenvalue weighted by atomic mass is 9.56. The average Bonchev–Trinajstić information content (AvgIpc) is 2.89. The number of hydrogen-bond acceptors (Lipinski definition) is 3. The lowest BCUT2D eigenvalue weighted by Crippen LogP contribution is -2.39. The van der Waals surface area contributed by atoms with Crippen molar-refractivity contribution in [2.75, 3.05) is 7.11 Å². The first-order chi connectivity index (χ1) is 12.3. The molecule has 0 amide bonds. The van der Waals surface area contributed by atoms with Crippen LogP contribution in [0.1, 0.15) is 56.1 Å². The molecule has 3 nitrogen and oxygen atoms in total. The van der Waals surface area contributed by atoms with Crippen molar-refractivity contribution in [2.45, 2.75) is 71.0 Å². The first-order valence-corrected chi connectivity index (χ1v) is 13.6. The van der Waals surface area contributed by atoms with E-state index < -0.39 is 8.32 Å². The lowest BCUT2D eigenvalue weighted by molar-refractivity contribution is 0.0599. The number of rotatable bonds is 3. The zero-order chi connectivity index (χ0) is 18.5. The van der Waals surface area contributed by atoms with Gasteiger partial charge in [0.2, 0.25) is 8.32 Å². The van der Waals surface area contributed by atoms with Crippen LogP contribution >= 0.6 is 0 Å². The molecule has 4 heteroatoms. The van der Waals surface area contributed by atoms with Crippen LogP contribution in [0.2, 0.25) is 19.6 Å². The van der Waals surface area contributed by atoms with Crippen molar-refractivity contribution in [3.05, 3.63) is 29.3 Å². The highest BCUT2D eigenvalue weighted by molar-refractivity contribution is 6.70. The van der Waals surface area contributed by atoms with E-state index in [0.29, 0.717) is 5.41 Å². The van der Waals surface area contributed by atoms with Crippen molar-refractivity contribution in [3.63, 3.8) is 0 Å². The minimum atomic E-state index is -1.55. The van der Waals surface area contributed by atoms with Gasteiger partial charge in [-0.2, -0.15) is 0 Å². The molecule has 1 aromatic carbocycles. The zero-order valence-corrected chi connectivity index (χ0v) is 18.0. The van der Waals surface area contributed by atoms with Gasteiger partial charge in [-0.25, -0.2) is 0 Å². The molecule has 142 valence electrons. The summed E-state index contributed by atoms with van der Waals surface area (Å²) in [6, 6.07) is 6.94. The van der Waals surface area contributed by atoms with E-state index in [9.17, 15) is 0 Å². The molecule has 0 unspecified atom stereocenters. The van der Waals surface area contributed by atoms with E-state index in [4.69, 9.17) is 9.26 Å². The van der Waals surface area contributed by atoms with E-state index in [1.165, 1.54) is 37.0 Å². The summed E-state index contributed by atoms with van der Waals surface area (Å²) in [5, 5.41) is 4.32. The van der Waals surface area contributed by atoms with Crippen LogP contribution in [0.25, 0.3) is 0 Å². The second-order valence-corrected chi connectivity index (χ2v) is 14.3. The summed E-state index contributed by atoms with van der Waals surface area (Å²) in [4.78, 5) is 5.10. The van der Waals surface area contributed by atoms with Crippen molar-refractivity contribution >= 4 is 14.0 Å². The molecule has 2 saturated carbocycles. The van der Waals surface area contributed by atoms with E-state index >= 15 is 0 Å². The van der Waals surface area contributed by atoms with Crippen LogP contribution in [0.4, 0.5) is 0 Å². The Bertz CT molecular complexity index is 723.